The number of ether oxygens (including phenoxy) is 1. The van der Waals surface area contributed by atoms with Gasteiger partial charge in [-0.1, -0.05) is 17.7 Å². The van der Waals surface area contributed by atoms with Crippen LogP contribution in [0.3, 0.4) is 0 Å². The van der Waals surface area contributed by atoms with Crippen LogP contribution in [0.4, 0.5) is 0 Å². The number of rotatable bonds is 4. The SMILES string of the molecule is CNC1(Cc2cc(C)ccc2OC)CC1. The van der Waals surface area contributed by atoms with Gasteiger partial charge in [0.05, 0.1) is 7.11 Å². The molecule has 1 aromatic rings. The van der Waals surface area contributed by atoms with Crippen LogP contribution in [0.5, 0.6) is 5.75 Å². The zero-order valence-electron chi connectivity index (χ0n) is 9.76. The Morgan fingerprint density at radius 2 is 2.13 bits per heavy atom. The molecule has 0 saturated heterocycles. The lowest BCUT2D eigenvalue weighted by Crippen LogP contribution is -2.29. The maximum absolute atomic E-state index is 5.39. The van der Waals surface area contributed by atoms with Crippen LogP contribution in [-0.4, -0.2) is 19.7 Å². The van der Waals surface area contributed by atoms with E-state index in [-0.39, 0.29) is 0 Å². The van der Waals surface area contributed by atoms with E-state index in [1.54, 1.807) is 7.11 Å². The van der Waals surface area contributed by atoms with Crippen molar-refractivity contribution in [1.82, 2.24) is 5.32 Å². The fourth-order valence-corrected chi connectivity index (χ4v) is 2.08. The van der Waals surface area contributed by atoms with Crippen LogP contribution in [0.2, 0.25) is 0 Å². The molecule has 15 heavy (non-hydrogen) atoms. The molecule has 2 nitrogen and oxygen atoms in total. The molecule has 0 bridgehead atoms. The van der Waals surface area contributed by atoms with Crippen LogP contribution in [0.1, 0.15) is 24.0 Å². The van der Waals surface area contributed by atoms with Crippen LogP contribution < -0.4 is 10.1 Å². The molecule has 0 amide bonds. The predicted molar refractivity (Wildman–Crippen MR) is 62.5 cm³/mol. The Morgan fingerprint density at radius 1 is 1.40 bits per heavy atom. The average Bonchev–Trinajstić information content (AvgIpc) is 2.99. The average molecular weight is 205 g/mol. The van der Waals surface area contributed by atoms with Gasteiger partial charge in [-0.2, -0.15) is 0 Å². The summed E-state index contributed by atoms with van der Waals surface area (Å²) in [6.07, 6.45) is 3.63. The number of likely N-dealkylation sites (N-methyl/N-ethyl adjacent to an activating group) is 1. The summed E-state index contributed by atoms with van der Waals surface area (Å²) < 4.78 is 5.39. The number of aryl methyl sites for hydroxylation is 1. The summed E-state index contributed by atoms with van der Waals surface area (Å²) in [5.74, 6) is 1.02. The quantitative estimate of drug-likeness (QED) is 0.814. The molecule has 0 spiro atoms. The van der Waals surface area contributed by atoms with E-state index in [9.17, 15) is 0 Å². The van der Waals surface area contributed by atoms with Crippen molar-refractivity contribution in [3.63, 3.8) is 0 Å². The second kappa shape index (κ2) is 3.86. The van der Waals surface area contributed by atoms with E-state index in [1.165, 1.54) is 24.0 Å². The monoisotopic (exact) mass is 205 g/mol. The standard InChI is InChI=1S/C13H19NO/c1-10-4-5-12(15-3)11(8-10)9-13(14-2)6-7-13/h4-5,8,14H,6-7,9H2,1-3H3. The van der Waals surface area contributed by atoms with Crippen molar-refractivity contribution in [2.45, 2.75) is 31.7 Å². The lowest BCUT2D eigenvalue weighted by Gasteiger charge is -2.16. The lowest BCUT2D eigenvalue weighted by atomic mass is 10.0. The molecule has 1 aliphatic carbocycles. The normalized spacial score (nSPS) is 17.5. The van der Waals surface area contributed by atoms with Gasteiger partial charge in [0, 0.05) is 5.54 Å². The van der Waals surface area contributed by atoms with Crippen LogP contribution in [0, 0.1) is 6.92 Å². The number of hydrogen-bond acceptors (Lipinski definition) is 2. The Balaban J connectivity index is 2.22. The Morgan fingerprint density at radius 3 is 2.67 bits per heavy atom. The molecule has 0 atom stereocenters. The molecule has 0 unspecified atom stereocenters. The van der Waals surface area contributed by atoms with Gasteiger partial charge in [0.2, 0.25) is 0 Å². The summed E-state index contributed by atoms with van der Waals surface area (Å²) in [5, 5.41) is 3.42. The molecular formula is C13H19NO. The summed E-state index contributed by atoms with van der Waals surface area (Å²) in [4.78, 5) is 0. The summed E-state index contributed by atoms with van der Waals surface area (Å²) in [5.41, 5.74) is 2.98. The molecule has 1 aromatic carbocycles. The van der Waals surface area contributed by atoms with Crippen molar-refractivity contribution in [3.05, 3.63) is 29.3 Å². The third kappa shape index (κ3) is 2.15. The zero-order chi connectivity index (χ0) is 10.9. The minimum Gasteiger partial charge on any atom is -0.496 e. The molecule has 1 saturated carbocycles. The fourth-order valence-electron chi connectivity index (χ4n) is 2.08. The van der Waals surface area contributed by atoms with Crippen molar-refractivity contribution in [3.8, 4) is 5.75 Å². The van der Waals surface area contributed by atoms with Gasteiger partial charge in [-0.05, 0) is 44.9 Å². The van der Waals surface area contributed by atoms with Crippen molar-refractivity contribution >= 4 is 0 Å². The molecule has 0 aromatic heterocycles. The van der Waals surface area contributed by atoms with Gasteiger partial charge in [-0.25, -0.2) is 0 Å². The highest BCUT2D eigenvalue weighted by Crippen LogP contribution is 2.40. The maximum Gasteiger partial charge on any atom is 0.122 e. The third-order valence-corrected chi connectivity index (χ3v) is 3.35. The first kappa shape index (κ1) is 10.5. The van der Waals surface area contributed by atoms with E-state index >= 15 is 0 Å². The van der Waals surface area contributed by atoms with E-state index in [0.29, 0.717) is 5.54 Å². The number of hydrogen-bond donors (Lipinski definition) is 1. The van der Waals surface area contributed by atoms with Gasteiger partial charge >= 0.3 is 0 Å². The van der Waals surface area contributed by atoms with E-state index in [1.807, 2.05) is 0 Å². The van der Waals surface area contributed by atoms with Crippen LogP contribution in [0.25, 0.3) is 0 Å². The van der Waals surface area contributed by atoms with Crippen LogP contribution in [0.15, 0.2) is 18.2 Å². The maximum atomic E-state index is 5.39. The minimum absolute atomic E-state index is 0.348. The molecule has 1 N–H and O–H groups in total. The molecule has 2 rings (SSSR count). The first-order chi connectivity index (χ1) is 7.19. The molecule has 0 aliphatic heterocycles. The van der Waals surface area contributed by atoms with Gasteiger partial charge in [0.25, 0.3) is 0 Å². The molecule has 0 heterocycles. The number of benzene rings is 1. The van der Waals surface area contributed by atoms with E-state index in [2.05, 4.69) is 37.5 Å². The smallest absolute Gasteiger partial charge is 0.122 e. The Hall–Kier alpha value is -1.02. The minimum atomic E-state index is 0.348. The lowest BCUT2D eigenvalue weighted by molar-refractivity contribution is 0.404. The summed E-state index contributed by atoms with van der Waals surface area (Å²) in [7, 11) is 3.79. The fraction of sp³-hybridized carbons (Fsp3) is 0.538. The predicted octanol–water partition coefficient (Wildman–Crippen LogP) is 2.30. The topological polar surface area (TPSA) is 21.3 Å². The largest absolute Gasteiger partial charge is 0.496 e. The van der Waals surface area contributed by atoms with Gasteiger partial charge < -0.3 is 10.1 Å². The highest BCUT2D eigenvalue weighted by atomic mass is 16.5. The van der Waals surface area contributed by atoms with Crippen molar-refractivity contribution in [2.24, 2.45) is 0 Å². The Kier molecular flexibility index (Phi) is 2.70. The number of nitrogens with one attached hydrogen (secondary N) is 1. The summed E-state index contributed by atoms with van der Waals surface area (Å²) >= 11 is 0. The third-order valence-electron chi connectivity index (χ3n) is 3.35. The van der Waals surface area contributed by atoms with Crippen LogP contribution in [-0.2, 0) is 6.42 Å². The Labute approximate surface area is 91.6 Å². The van der Waals surface area contributed by atoms with Gasteiger partial charge in [0.1, 0.15) is 5.75 Å². The first-order valence-electron chi connectivity index (χ1n) is 5.51. The molecule has 1 aliphatic rings. The molecular weight excluding hydrogens is 186 g/mol. The first-order valence-corrected chi connectivity index (χ1v) is 5.51. The second-order valence-electron chi connectivity index (χ2n) is 4.52. The molecule has 82 valence electrons. The summed E-state index contributed by atoms with van der Waals surface area (Å²) in [6.45, 7) is 2.13. The van der Waals surface area contributed by atoms with Crippen molar-refractivity contribution in [2.75, 3.05) is 14.2 Å². The van der Waals surface area contributed by atoms with Crippen molar-refractivity contribution < 1.29 is 4.74 Å². The van der Waals surface area contributed by atoms with E-state index in [0.717, 1.165) is 12.2 Å². The van der Waals surface area contributed by atoms with Crippen molar-refractivity contribution in [1.29, 1.82) is 0 Å². The van der Waals surface area contributed by atoms with E-state index < -0.39 is 0 Å². The summed E-state index contributed by atoms with van der Waals surface area (Å²) in [6, 6.07) is 6.40. The van der Waals surface area contributed by atoms with Gasteiger partial charge in [-0.3, -0.25) is 0 Å². The van der Waals surface area contributed by atoms with Gasteiger partial charge in [-0.15, -0.1) is 0 Å². The highest BCUT2D eigenvalue weighted by Gasteiger charge is 2.41. The molecule has 2 heteroatoms. The number of methoxy groups -OCH3 is 1. The molecule has 0 radical (unpaired) electrons. The van der Waals surface area contributed by atoms with Crippen LogP contribution >= 0.6 is 0 Å². The highest BCUT2D eigenvalue weighted by molar-refractivity contribution is 5.39. The second-order valence-corrected chi connectivity index (χ2v) is 4.52. The molecule has 1 fully saturated rings. The zero-order valence-corrected chi connectivity index (χ0v) is 9.76. The van der Waals surface area contributed by atoms with E-state index in [4.69, 9.17) is 4.74 Å². The Bertz CT molecular complexity index is 356. The van der Waals surface area contributed by atoms with Gasteiger partial charge in [0.15, 0.2) is 0 Å².